The quantitative estimate of drug-likeness (QED) is 0.813. The average molecular weight is 338 g/mol. The van der Waals surface area contributed by atoms with E-state index >= 15 is 0 Å². The largest absolute Gasteiger partial charge is 0.478 e. The second-order valence-corrected chi connectivity index (χ2v) is 5.96. The third kappa shape index (κ3) is 3.63. The summed E-state index contributed by atoms with van der Waals surface area (Å²) in [5.41, 5.74) is 2.09. The van der Waals surface area contributed by atoms with Crippen LogP contribution >= 0.6 is 15.9 Å². The van der Waals surface area contributed by atoms with E-state index in [4.69, 9.17) is 5.11 Å². The summed E-state index contributed by atoms with van der Waals surface area (Å²) in [5, 5.41) is 8.66. The molecule has 0 aromatic heterocycles. The zero-order valence-electron chi connectivity index (χ0n) is 11.7. The van der Waals surface area contributed by atoms with Crippen molar-refractivity contribution >= 4 is 33.7 Å². The Balaban J connectivity index is 2.21. The minimum atomic E-state index is -0.925. The van der Waals surface area contributed by atoms with Crippen molar-refractivity contribution in [2.45, 2.75) is 38.6 Å². The topological polar surface area (TPSA) is 40.5 Å². The third-order valence-corrected chi connectivity index (χ3v) is 4.44. The van der Waals surface area contributed by atoms with Crippen molar-refractivity contribution in [1.29, 1.82) is 0 Å². The molecule has 3 nitrogen and oxygen atoms in total. The van der Waals surface area contributed by atoms with Crippen molar-refractivity contribution in [1.82, 2.24) is 0 Å². The minimum Gasteiger partial charge on any atom is -0.478 e. The Morgan fingerprint density at radius 1 is 1.45 bits per heavy atom. The molecular weight excluding hydrogens is 318 g/mol. The Hall–Kier alpha value is -1.29. The summed E-state index contributed by atoms with van der Waals surface area (Å²) in [5.74, 6) is -0.925. The molecule has 1 aromatic carbocycles. The molecule has 1 fully saturated rings. The second kappa shape index (κ2) is 6.93. The van der Waals surface area contributed by atoms with Crippen LogP contribution in [0, 0.1) is 0 Å². The number of carboxylic acids is 1. The standard InChI is InChI=1S/C16H20BrNO2/c1-2-18(13-5-3-4-6-13)15-9-7-12(11-14(15)17)8-10-16(19)20/h7-11,13H,2-6H2,1H3,(H,19,20)/b10-8+. The van der Waals surface area contributed by atoms with Crippen molar-refractivity contribution in [3.63, 3.8) is 0 Å². The van der Waals surface area contributed by atoms with Gasteiger partial charge in [-0.1, -0.05) is 18.9 Å². The van der Waals surface area contributed by atoms with Gasteiger partial charge in [-0.2, -0.15) is 0 Å². The summed E-state index contributed by atoms with van der Waals surface area (Å²) in [6, 6.07) is 6.66. The van der Waals surface area contributed by atoms with Crippen LogP contribution in [-0.2, 0) is 4.79 Å². The summed E-state index contributed by atoms with van der Waals surface area (Å²) < 4.78 is 1.03. The molecule has 0 heterocycles. The van der Waals surface area contributed by atoms with E-state index in [0.29, 0.717) is 6.04 Å². The third-order valence-electron chi connectivity index (χ3n) is 3.81. The van der Waals surface area contributed by atoms with E-state index in [1.54, 1.807) is 6.08 Å². The summed E-state index contributed by atoms with van der Waals surface area (Å²) in [4.78, 5) is 13.0. The van der Waals surface area contributed by atoms with Gasteiger partial charge in [0.1, 0.15) is 0 Å². The van der Waals surface area contributed by atoms with E-state index in [0.717, 1.165) is 22.7 Å². The zero-order valence-corrected chi connectivity index (χ0v) is 13.3. The molecule has 1 N–H and O–H groups in total. The van der Waals surface area contributed by atoms with Crippen LogP contribution in [0.5, 0.6) is 0 Å². The van der Waals surface area contributed by atoms with Crippen LogP contribution in [-0.4, -0.2) is 23.7 Å². The van der Waals surface area contributed by atoms with Crippen molar-refractivity contribution in [2.24, 2.45) is 0 Å². The molecule has 1 saturated carbocycles. The van der Waals surface area contributed by atoms with E-state index in [1.807, 2.05) is 12.1 Å². The number of nitrogens with zero attached hydrogens (tertiary/aromatic N) is 1. The van der Waals surface area contributed by atoms with Gasteiger partial charge in [0, 0.05) is 23.1 Å². The average Bonchev–Trinajstić information content (AvgIpc) is 2.93. The lowest BCUT2D eigenvalue weighted by Crippen LogP contribution is -2.33. The second-order valence-electron chi connectivity index (χ2n) is 5.11. The first-order valence-corrected chi connectivity index (χ1v) is 7.88. The first-order chi connectivity index (χ1) is 9.61. The first-order valence-electron chi connectivity index (χ1n) is 7.09. The van der Waals surface area contributed by atoms with Gasteiger partial charge in [0.15, 0.2) is 0 Å². The molecule has 0 spiro atoms. The summed E-state index contributed by atoms with van der Waals surface area (Å²) in [7, 11) is 0. The number of carbonyl (C=O) groups is 1. The van der Waals surface area contributed by atoms with Crippen molar-refractivity contribution in [3.8, 4) is 0 Å². The highest BCUT2D eigenvalue weighted by molar-refractivity contribution is 9.10. The van der Waals surface area contributed by atoms with Crippen LogP contribution in [0.4, 0.5) is 5.69 Å². The van der Waals surface area contributed by atoms with Gasteiger partial charge >= 0.3 is 5.97 Å². The fourth-order valence-corrected chi connectivity index (χ4v) is 3.49. The van der Waals surface area contributed by atoms with Crippen LogP contribution in [0.2, 0.25) is 0 Å². The van der Waals surface area contributed by atoms with Crippen LogP contribution < -0.4 is 4.90 Å². The van der Waals surface area contributed by atoms with Crippen LogP contribution in [0.25, 0.3) is 6.08 Å². The maximum atomic E-state index is 10.5. The molecule has 1 aromatic rings. The lowest BCUT2D eigenvalue weighted by Gasteiger charge is -2.31. The van der Waals surface area contributed by atoms with E-state index in [2.05, 4.69) is 33.8 Å². The number of benzene rings is 1. The fourth-order valence-electron chi connectivity index (χ4n) is 2.87. The van der Waals surface area contributed by atoms with Gasteiger partial charge in [0.2, 0.25) is 0 Å². The Morgan fingerprint density at radius 2 is 2.15 bits per heavy atom. The Morgan fingerprint density at radius 3 is 2.70 bits per heavy atom. The lowest BCUT2D eigenvalue weighted by molar-refractivity contribution is -0.131. The number of hydrogen-bond donors (Lipinski definition) is 1. The van der Waals surface area contributed by atoms with Crippen LogP contribution in [0.3, 0.4) is 0 Å². The van der Waals surface area contributed by atoms with E-state index in [9.17, 15) is 4.79 Å². The van der Waals surface area contributed by atoms with E-state index in [-0.39, 0.29) is 0 Å². The van der Waals surface area contributed by atoms with Gasteiger partial charge in [0.25, 0.3) is 0 Å². The van der Waals surface area contributed by atoms with Gasteiger partial charge in [0.05, 0.1) is 5.69 Å². The highest BCUT2D eigenvalue weighted by Crippen LogP contribution is 2.33. The Bertz CT molecular complexity index is 507. The molecule has 0 saturated heterocycles. The van der Waals surface area contributed by atoms with Crippen LogP contribution in [0.15, 0.2) is 28.7 Å². The van der Waals surface area contributed by atoms with Crippen molar-refractivity contribution in [2.75, 3.05) is 11.4 Å². The van der Waals surface area contributed by atoms with E-state index in [1.165, 1.54) is 31.4 Å². The SMILES string of the molecule is CCN(c1ccc(/C=C/C(=O)O)cc1Br)C1CCCC1. The van der Waals surface area contributed by atoms with E-state index < -0.39 is 5.97 Å². The molecule has 4 heteroatoms. The van der Waals surface area contributed by atoms with Crippen LogP contribution in [0.1, 0.15) is 38.2 Å². The highest BCUT2D eigenvalue weighted by atomic mass is 79.9. The molecule has 0 amide bonds. The van der Waals surface area contributed by atoms with Crippen molar-refractivity contribution < 1.29 is 9.90 Å². The van der Waals surface area contributed by atoms with Gasteiger partial charge in [-0.25, -0.2) is 4.79 Å². The number of rotatable bonds is 5. The van der Waals surface area contributed by atoms with Crippen molar-refractivity contribution in [3.05, 3.63) is 34.3 Å². The lowest BCUT2D eigenvalue weighted by atomic mass is 10.1. The van der Waals surface area contributed by atoms with Gasteiger partial charge < -0.3 is 10.0 Å². The summed E-state index contributed by atoms with van der Waals surface area (Å²) in [6.07, 6.45) is 7.94. The maximum Gasteiger partial charge on any atom is 0.328 e. The molecule has 1 aliphatic carbocycles. The maximum absolute atomic E-state index is 10.5. The monoisotopic (exact) mass is 337 g/mol. The number of aliphatic carboxylic acids is 1. The minimum absolute atomic E-state index is 0.636. The summed E-state index contributed by atoms with van der Waals surface area (Å²) >= 11 is 3.62. The van der Waals surface area contributed by atoms with Gasteiger partial charge in [-0.05, 0) is 59.5 Å². The van der Waals surface area contributed by atoms with Gasteiger partial charge in [-0.15, -0.1) is 0 Å². The Kier molecular flexibility index (Phi) is 5.24. The normalized spacial score (nSPS) is 15.9. The van der Waals surface area contributed by atoms with Gasteiger partial charge in [-0.3, -0.25) is 0 Å². The molecule has 0 bridgehead atoms. The summed E-state index contributed by atoms with van der Waals surface area (Å²) in [6.45, 7) is 3.18. The molecule has 1 aliphatic rings. The molecule has 108 valence electrons. The predicted octanol–water partition coefficient (Wildman–Crippen LogP) is 4.32. The molecular formula is C16H20BrNO2. The number of halogens is 1. The predicted molar refractivity (Wildman–Crippen MR) is 86.1 cm³/mol. The highest BCUT2D eigenvalue weighted by Gasteiger charge is 2.22. The molecule has 0 radical (unpaired) electrons. The molecule has 0 aliphatic heterocycles. The molecule has 0 atom stereocenters. The zero-order chi connectivity index (χ0) is 14.5. The number of anilines is 1. The molecule has 0 unspecified atom stereocenters. The fraction of sp³-hybridized carbons (Fsp3) is 0.438. The molecule has 20 heavy (non-hydrogen) atoms. The first kappa shape index (κ1) is 15.1. The number of carboxylic acid groups (broad SMARTS) is 1. The molecule has 2 rings (SSSR count). The smallest absolute Gasteiger partial charge is 0.328 e. The Labute approximate surface area is 128 Å². The number of hydrogen-bond acceptors (Lipinski definition) is 2.